The summed E-state index contributed by atoms with van der Waals surface area (Å²) in [4.78, 5) is 37.7. The van der Waals surface area contributed by atoms with Gasteiger partial charge in [0.1, 0.15) is 13.2 Å². The first-order chi connectivity index (χ1) is 27.5. The average Bonchev–Trinajstić information content (AvgIpc) is 3.19. The minimum Gasteiger partial charge on any atom is -0.462 e. The van der Waals surface area contributed by atoms with Gasteiger partial charge in [-0.3, -0.25) is 14.4 Å². The Bertz CT molecular complexity index is 996. The molecule has 0 amide bonds. The Hall–Kier alpha value is -2.63. The predicted molar refractivity (Wildman–Crippen MR) is 238 cm³/mol. The minimum atomic E-state index is -0.792. The molecule has 1 unspecified atom stereocenters. The van der Waals surface area contributed by atoms with E-state index in [1.165, 1.54) is 109 Å². The molecule has 0 spiro atoms. The molecule has 0 rings (SSSR count). The number of hydrogen-bond acceptors (Lipinski definition) is 6. The van der Waals surface area contributed by atoms with Crippen LogP contribution < -0.4 is 0 Å². The Kier molecular flexibility index (Phi) is 43.0. The summed E-state index contributed by atoms with van der Waals surface area (Å²) in [5, 5.41) is 0. The summed E-state index contributed by atoms with van der Waals surface area (Å²) in [6, 6.07) is 0. The van der Waals surface area contributed by atoms with E-state index in [-0.39, 0.29) is 37.5 Å². The van der Waals surface area contributed by atoms with Gasteiger partial charge in [-0.25, -0.2) is 0 Å². The molecule has 0 fully saturated rings. The van der Waals surface area contributed by atoms with E-state index in [1.807, 2.05) is 0 Å². The van der Waals surface area contributed by atoms with E-state index in [9.17, 15) is 14.4 Å². The van der Waals surface area contributed by atoms with E-state index in [4.69, 9.17) is 14.2 Å². The van der Waals surface area contributed by atoms with Crippen molar-refractivity contribution < 1.29 is 28.6 Å². The molecule has 6 heteroatoms. The second-order valence-electron chi connectivity index (χ2n) is 15.7. The summed E-state index contributed by atoms with van der Waals surface area (Å²) >= 11 is 0. The van der Waals surface area contributed by atoms with Crippen LogP contribution in [0.3, 0.4) is 0 Å². The smallest absolute Gasteiger partial charge is 0.306 e. The van der Waals surface area contributed by atoms with Gasteiger partial charge in [0.2, 0.25) is 0 Å². The monoisotopic (exact) mass is 785 g/mol. The second-order valence-corrected chi connectivity index (χ2v) is 15.7. The van der Waals surface area contributed by atoms with Gasteiger partial charge >= 0.3 is 17.9 Å². The zero-order chi connectivity index (χ0) is 40.8. The van der Waals surface area contributed by atoms with E-state index in [0.717, 1.165) is 77.0 Å². The molecule has 56 heavy (non-hydrogen) atoms. The number of hydrogen-bond donors (Lipinski definition) is 0. The fraction of sp³-hybridized carbons (Fsp3) is 0.780. The molecule has 0 aromatic carbocycles. The van der Waals surface area contributed by atoms with Gasteiger partial charge in [0, 0.05) is 19.3 Å². The third-order valence-electron chi connectivity index (χ3n) is 10.1. The van der Waals surface area contributed by atoms with Crippen LogP contribution in [0.15, 0.2) is 48.6 Å². The highest BCUT2D eigenvalue weighted by Gasteiger charge is 2.19. The molecule has 0 saturated heterocycles. The molecule has 0 heterocycles. The topological polar surface area (TPSA) is 78.9 Å². The van der Waals surface area contributed by atoms with Crippen molar-refractivity contribution in [2.45, 2.75) is 239 Å². The van der Waals surface area contributed by atoms with Crippen molar-refractivity contribution >= 4 is 17.9 Å². The summed E-state index contributed by atoms with van der Waals surface area (Å²) in [5.41, 5.74) is 0. The van der Waals surface area contributed by atoms with E-state index in [1.54, 1.807) is 0 Å². The summed E-state index contributed by atoms with van der Waals surface area (Å²) in [7, 11) is 0. The van der Waals surface area contributed by atoms with E-state index in [0.29, 0.717) is 19.3 Å². The van der Waals surface area contributed by atoms with E-state index < -0.39 is 6.10 Å². The molecule has 0 aromatic rings. The maximum Gasteiger partial charge on any atom is 0.306 e. The van der Waals surface area contributed by atoms with Crippen LogP contribution in [0.5, 0.6) is 0 Å². The van der Waals surface area contributed by atoms with Gasteiger partial charge < -0.3 is 14.2 Å². The molecule has 0 aromatic heterocycles. The fourth-order valence-electron chi connectivity index (χ4n) is 6.44. The standard InChI is InChI=1S/C50H88O6/c1-4-7-10-13-16-19-22-23-24-25-26-27-29-31-34-37-40-43-49(52)55-46-47(45-54-48(51)42-39-36-33-30-21-18-15-12-9-6-3)56-50(53)44-41-38-35-32-28-20-17-14-11-8-5-2/h15,18,23-24,26-27,31,34,47H,4-14,16-17,19-22,25,28-30,32-33,35-46H2,1-3H3/b18-15-,24-23-,27-26-,34-31-. The van der Waals surface area contributed by atoms with Crippen LogP contribution in [0.25, 0.3) is 0 Å². The Balaban J connectivity index is 4.42. The highest BCUT2D eigenvalue weighted by Crippen LogP contribution is 2.14. The van der Waals surface area contributed by atoms with E-state index in [2.05, 4.69) is 69.4 Å². The number of esters is 3. The largest absolute Gasteiger partial charge is 0.462 e. The van der Waals surface area contributed by atoms with E-state index >= 15 is 0 Å². The number of ether oxygens (including phenoxy) is 3. The zero-order valence-electron chi connectivity index (χ0n) is 36.9. The lowest BCUT2D eigenvalue weighted by atomic mass is 10.1. The molecule has 0 N–H and O–H groups in total. The van der Waals surface area contributed by atoms with Crippen molar-refractivity contribution in [3.8, 4) is 0 Å². The number of carbonyl (C=O) groups excluding carboxylic acids is 3. The van der Waals surface area contributed by atoms with Crippen LogP contribution in [-0.2, 0) is 28.6 Å². The number of unbranched alkanes of at least 4 members (excludes halogenated alkanes) is 23. The van der Waals surface area contributed by atoms with Gasteiger partial charge in [-0.15, -0.1) is 0 Å². The van der Waals surface area contributed by atoms with Crippen molar-refractivity contribution in [3.63, 3.8) is 0 Å². The molecule has 0 bridgehead atoms. The fourth-order valence-corrected chi connectivity index (χ4v) is 6.44. The molecule has 1 atom stereocenters. The summed E-state index contributed by atoms with van der Waals surface area (Å²) < 4.78 is 16.6. The maximum absolute atomic E-state index is 12.7. The Morgan fingerprint density at radius 1 is 0.357 bits per heavy atom. The summed E-state index contributed by atoms with van der Waals surface area (Å²) in [6.45, 7) is 6.52. The molecular formula is C50H88O6. The lowest BCUT2D eigenvalue weighted by molar-refractivity contribution is -0.167. The average molecular weight is 785 g/mol. The molecule has 0 aliphatic carbocycles. The predicted octanol–water partition coefficient (Wildman–Crippen LogP) is 15.1. The SMILES string of the molecule is CCCC/C=C\CCCCCCC(=O)OCC(COC(=O)CCC/C=C\C/C=C\C/C=C\CCCCCCCC)OC(=O)CCCCCCCCCCCCC. The van der Waals surface area contributed by atoms with Crippen molar-refractivity contribution in [2.75, 3.05) is 13.2 Å². The van der Waals surface area contributed by atoms with Gasteiger partial charge in [-0.2, -0.15) is 0 Å². The minimum absolute atomic E-state index is 0.0934. The third kappa shape index (κ3) is 42.5. The lowest BCUT2D eigenvalue weighted by Gasteiger charge is -2.18. The maximum atomic E-state index is 12.7. The summed E-state index contributed by atoms with van der Waals surface area (Å²) in [5.74, 6) is -0.960. The molecular weight excluding hydrogens is 697 g/mol. The van der Waals surface area contributed by atoms with Crippen LogP contribution in [-0.4, -0.2) is 37.2 Å². The summed E-state index contributed by atoms with van der Waals surface area (Å²) in [6.07, 6.45) is 52.4. The van der Waals surface area contributed by atoms with Crippen LogP contribution in [0.2, 0.25) is 0 Å². The highest BCUT2D eigenvalue weighted by molar-refractivity contribution is 5.71. The molecule has 6 nitrogen and oxygen atoms in total. The van der Waals surface area contributed by atoms with Crippen LogP contribution in [0.1, 0.15) is 233 Å². The van der Waals surface area contributed by atoms with Crippen molar-refractivity contribution in [1.82, 2.24) is 0 Å². The van der Waals surface area contributed by atoms with Gasteiger partial charge in [-0.1, -0.05) is 191 Å². The molecule has 0 radical (unpaired) electrons. The second kappa shape index (κ2) is 45.1. The van der Waals surface area contributed by atoms with Crippen molar-refractivity contribution in [3.05, 3.63) is 48.6 Å². The first kappa shape index (κ1) is 53.4. The van der Waals surface area contributed by atoms with Crippen molar-refractivity contribution in [2.24, 2.45) is 0 Å². The highest BCUT2D eigenvalue weighted by atomic mass is 16.6. The molecule has 0 aliphatic heterocycles. The van der Waals surface area contributed by atoms with Gasteiger partial charge in [0.05, 0.1) is 0 Å². The first-order valence-corrected chi connectivity index (χ1v) is 23.6. The van der Waals surface area contributed by atoms with Crippen LogP contribution >= 0.6 is 0 Å². The van der Waals surface area contributed by atoms with Crippen LogP contribution in [0.4, 0.5) is 0 Å². The first-order valence-electron chi connectivity index (χ1n) is 23.6. The van der Waals surface area contributed by atoms with Gasteiger partial charge in [0.15, 0.2) is 6.10 Å². The number of carbonyl (C=O) groups is 3. The van der Waals surface area contributed by atoms with Gasteiger partial charge in [0.25, 0.3) is 0 Å². The van der Waals surface area contributed by atoms with Crippen molar-refractivity contribution in [1.29, 1.82) is 0 Å². The Labute approximate surface area is 346 Å². The third-order valence-corrected chi connectivity index (χ3v) is 10.1. The number of allylic oxidation sites excluding steroid dienone is 8. The lowest BCUT2D eigenvalue weighted by Crippen LogP contribution is -2.30. The zero-order valence-corrected chi connectivity index (χ0v) is 36.9. The molecule has 0 saturated carbocycles. The Morgan fingerprint density at radius 2 is 0.679 bits per heavy atom. The van der Waals surface area contributed by atoms with Crippen LogP contribution in [0, 0.1) is 0 Å². The number of rotatable bonds is 42. The quantitative estimate of drug-likeness (QED) is 0.0265. The normalized spacial score (nSPS) is 12.4. The molecule has 324 valence electrons. The molecule has 0 aliphatic rings. The Morgan fingerprint density at radius 3 is 1.14 bits per heavy atom. The van der Waals surface area contributed by atoms with Gasteiger partial charge in [-0.05, 0) is 70.6 Å².